The maximum absolute atomic E-state index is 10.5. The van der Waals surface area contributed by atoms with Gasteiger partial charge in [-0.3, -0.25) is 4.90 Å². The van der Waals surface area contributed by atoms with Crippen LogP contribution in [0.3, 0.4) is 0 Å². The first-order chi connectivity index (χ1) is 9.66. The fraction of sp³-hybridized carbons (Fsp3) is 0.294. The highest BCUT2D eigenvalue weighted by molar-refractivity contribution is 9.10. The van der Waals surface area contributed by atoms with Gasteiger partial charge in [-0.25, -0.2) is 0 Å². The fourth-order valence-corrected chi connectivity index (χ4v) is 3.99. The van der Waals surface area contributed by atoms with E-state index in [4.69, 9.17) is 0 Å². The van der Waals surface area contributed by atoms with Crippen LogP contribution >= 0.6 is 15.9 Å². The van der Waals surface area contributed by atoms with E-state index in [0.717, 1.165) is 29.4 Å². The molecule has 0 radical (unpaired) electrons. The number of likely N-dealkylation sites (N-methyl/N-ethyl adjacent to an activating group) is 1. The van der Waals surface area contributed by atoms with Crippen molar-refractivity contribution in [2.24, 2.45) is 0 Å². The monoisotopic (exact) mass is 329 g/mol. The Kier molecular flexibility index (Phi) is 2.69. The Bertz CT molecular complexity index is 710. The van der Waals surface area contributed by atoms with Crippen LogP contribution in [-0.4, -0.2) is 23.6 Å². The third kappa shape index (κ3) is 1.60. The number of fused-ring (bicyclic) bond motifs is 2. The van der Waals surface area contributed by atoms with Gasteiger partial charge in [-0.15, -0.1) is 0 Å². The number of nitrogens with zero attached hydrogens (tertiary/aromatic N) is 1. The molecular weight excluding hydrogens is 314 g/mol. The van der Waals surface area contributed by atoms with Crippen LogP contribution in [0.1, 0.15) is 22.7 Å². The average Bonchev–Trinajstić information content (AvgIpc) is 2.46. The normalized spacial score (nSPS) is 20.4. The van der Waals surface area contributed by atoms with E-state index in [0.29, 0.717) is 11.8 Å². The molecule has 0 bridgehead atoms. The minimum absolute atomic E-state index is 0.377. The lowest BCUT2D eigenvalue weighted by atomic mass is 9.77. The Morgan fingerprint density at radius 3 is 2.90 bits per heavy atom. The number of benzene rings is 2. The van der Waals surface area contributed by atoms with Crippen LogP contribution in [0.5, 0.6) is 5.75 Å². The van der Waals surface area contributed by atoms with E-state index >= 15 is 0 Å². The molecule has 0 unspecified atom stereocenters. The van der Waals surface area contributed by atoms with Crippen molar-refractivity contribution in [3.63, 3.8) is 0 Å². The van der Waals surface area contributed by atoms with E-state index in [1.165, 1.54) is 22.3 Å². The van der Waals surface area contributed by atoms with Crippen molar-refractivity contribution in [1.82, 2.24) is 4.90 Å². The topological polar surface area (TPSA) is 23.5 Å². The highest BCUT2D eigenvalue weighted by Gasteiger charge is 2.33. The molecule has 1 heterocycles. The average molecular weight is 330 g/mol. The molecule has 3 heteroatoms. The van der Waals surface area contributed by atoms with Gasteiger partial charge in [-0.05, 0) is 64.1 Å². The van der Waals surface area contributed by atoms with Crippen LogP contribution < -0.4 is 0 Å². The van der Waals surface area contributed by atoms with Gasteiger partial charge in [-0.1, -0.05) is 24.3 Å². The lowest BCUT2D eigenvalue weighted by Gasteiger charge is -2.39. The summed E-state index contributed by atoms with van der Waals surface area (Å²) in [5, 5.41) is 10.5. The molecule has 0 saturated carbocycles. The molecule has 1 aliphatic heterocycles. The van der Waals surface area contributed by atoms with Crippen LogP contribution in [0.25, 0.3) is 11.1 Å². The van der Waals surface area contributed by atoms with Gasteiger partial charge in [0.2, 0.25) is 0 Å². The summed E-state index contributed by atoms with van der Waals surface area (Å²) in [5.74, 6) is 0.377. The maximum atomic E-state index is 10.5. The van der Waals surface area contributed by atoms with Gasteiger partial charge in [0.15, 0.2) is 0 Å². The summed E-state index contributed by atoms with van der Waals surface area (Å²) in [6, 6.07) is 11.0. The van der Waals surface area contributed by atoms with Crippen molar-refractivity contribution < 1.29 is 5.11 Å². The van der Waals surface area contributed by atoms with E-state index in [-0.39, 0.29) is 0 Å². The van der Waals surface area contributed by atoms with Crippen LogP contribution in [0.2, 0.25) is 0 Å². The number of phenolic OH excluding ortho intramolecular Hbond substituents is 1. The molecule has 0 saturated heterocycles. The number of hydrogen-bond donors (Lipinski definition) is 1. The summed E-state index contributed by atoms with van der Waals surface area (Å²) in [6.07, 6.45) is 2.08. The van der Waals surface area contributed by atoms with Crippen molar-refractivity contribution in [2.75, 3.05) is 13.6 Å². The Balaban J connectivity index is 2.05. The molecule has 0 amide bonds. The van der Waals surface area contributed by atoms with Crippen LogP contribution in [-0.2, 0) is 12.8 Å². The van der Waals surface area contributed by atoms with Crippen molar-refractivity contribution in [3.8, 4) is 16.9 Å². The first-order valence-corrected chi connectivity index (χ1v) is 7.79. The Labute approximate surface area is 127 Å². The SMILES string of the molecule is CN1CCc2cccc3c2[C@H]1Cc1ccc(Br)c(O)c1-3. The van der Waals surface area contributed by atoms with Crippen LogP contribution in [0.4, 0.5) is 0 Å². The van der Waals surface area contributed by atoms with Gasteiger partial charge >= 0.3 is 0 Å². The summed E-state index contributed by atoms with van der Waals surface area (Å²) < 4.78 is 0.775. The highest BCUT2D eigenvalue weighted by Crippen LogP contribution is 2.49. The minimum Gasteiger partial charge on any atom is -0.506 e. The standard InChI is InChI=1S/C17H16BrNO/c1-19-8-7-10-3-2-4-12-15(10)14(19)9-11-5-6-13(18)17(20)16(11)12/h2-6,14,20H,7-9H2,1H3/t14-/m1/s1. The smallest absolute Gasteiger partial charge is 0.137 e. The van der Waals surface area contributed by atoms with Crippen molar-refractivity contribution in [2.45, 2.75) is 18.9 Å². The second-order valence-corrected chi connectivity index (χ2v) is 6.61. The predicted octanol–water partition coefficient (Wildman–Crippen LogP) is 3.91. The maximum Gasteiger partial charge on any atom is 0.137 e. The molecule has 2 aromatic rings. The lowest BCUT2D eigenvalue weighted by molar-refractivity contribution is 0.228. The second-order valence-electron chi connectivity index (χ2n) is 5.76. The van der Waals surface area contributed by atoms with E-state index in [2.05, 4.69) is 52.1 Å². The first kappa shape index (κ1) is 12.4. The van der Waals surface area contributed by atoms with Crippen molar-refractivity contribution in [1.29, 1.82) is 0 Å². The van der Waals surface area contributed by atoms with Gasteiger partial charge in [0.05, 0.1) is 4.47 Å². The molecule has 2 aliphatic rings. The molecule has 1 aliphatic carbocycles. The Hall–Kier alpha value is -1.32. The molecule has 2 nitrogen and oxygen atoms in total. The summed E-state index contributed by atoms with van der Waals surface area (Å²) in [6.45, 7) is 1.11. The zero-order chi connectivity index (χ0) is 13.9. The molecule has 0 fully saturated rings. The number of halogens is 1. The van der Waals surface area contributed by atoms with Crippen LogP contribution in [0.15, 0.2) is 34.8 Å². The lowest BCUT2D eigenvalue weighted by Crippen LogP contribution is -2.35. The summed E-state index contributed by atoms with van der Waals surface area (Å²) in [7, 11) is 2.20. The van der Waals surface area contributed by atoms with Gasteiger partial charge in [0.1, 0.15) is 5.75 Å². The number of aromatic hydroxyl groups is 1. The van der Waals surface area contributed by atoms with E-state index in [1.807, 2.05) is 6.07 Å². The fourth-order valence-electron chi connectivity index (χ4n) is 3.66. The van der Waals surface area contributed by atoms with Gasteiger partial charge < -0.3 is 5.11 Å². The minimum atomic E-state index is 0.377. The molecule has 20 heavy (non-hydrogen) atoms. The van der Waals surface area contributed by atoms with E-state index in [1.54, 1.807) is 0 Å². The number of hydrogen-bond acceptors (Lipinski definition) is 2. The predicted molar refractivity (Wildman–Crippen MR) is 84.0 cm³/mol. The van der Waals surface area contributed by atoms with Crippen molar-refractivity contribution >= 4 is 15.9 Å². The molecule has 102 valence electrons. The number of rotatable bonds is 0. The largest absolute Gasteiger partial charge is 0.506 e. The zero-order valence-corrected chi connectivity index (χ0v) is 12.9. The molecule has 0 aromatic heterocycles. The molecule has 1 atom stereocenters. The molecule has 0 spiro atoms. The summed E-state index contributed by atoms with van der Waals surface area (Å²) >= 11 is 3.44. The summed E-state index contributed by atoms with van der Waals surface area (Å²) in [4.78, 5) is 2.44. The van der Waals surface area contributed by atoms with Gasteiger partial charge in [0.25, 0.3) is 0 Å². The molecule has 1 N–H and O–H groups in total. The van der Waals surface area contributed by atoms with Gasteiger partial charge in [-0.2, -0.15) is 0 Å². The van der Waals surface area contributed by atoms with Crippen molar-refractivity contribution in [3.05, 3.63) is 51.5 Å². The Morgan fingerprint density at radius 1 is 1.20 bits per heavy atom. The van der Waals surface area contributed by atoms with E-state index in [9.17, 15) is 5.11 Å². The van der Waals surface area contributed by atoms with Crippen LogP contribution in [0, 0.1) is 0 Å². The first-order valence-electron chi connectivity index (χ1n) is 6.99. The highest BCUT2D eigenvalue weighted by atomic mass is 79.9. The zero-order valence-electron chi connectivity index (χ0n) is 11.4. The molecular formula is C17H16BrNO. The van der Waals surface area contributed by atoms with E-state index < -0.39 is 0 Å². The second kappa shape index (κ2) is 4.34. The quantitative estimate of drug-likeness (QED) is 0.792. The van der Waals surface area contributed by atoms with Gasteiger partial charge in [0, 0.05) is 18.2 Å². The molecule has 4 rings (SSSR count). The summed E-state index contributed by atoms with van der Waals surface area (Å²) in [5.41, 5.74) is 6.33. The number of phenols is 1. The third-order valence-corrected chi connectivity index (χ3v) is 5.33. The molecule has 2 aromatic carbocycles. The third-order valence-electron chi connectivity index (χ3n) is 4.69. The Morgan fingerprint density at radius 2 is 2.05 bits per heavy atom.